The predicted molar refractivity (Wildman–Crippen MR) is 103 cm³/mol. The third-order valence-electron chi connectivity index (χ3n) is 4.21. The summed E-state index contributed by atoms with van der Waals surface area (Å²) < 4.78 is 0. The van der Waals surface area contributed by atoms with Crippen LogP contribution in [0.25, 0.3) is 10.8 Å². The van der Waals surface area contributed by atoms with Gasteiger partial charge in [-0.1, -0.05) is 42.5 Å². The highest BCUT2D eigenvalue weighted by Gasteiger charge is 2.17. The molecule has 122 valence electrons. The molecule has 0 atom stereocenters. The average molecular weight is 355 g/mol. The van der Waals surface area contributed by atoms with Crippen LogP contribution in [0.3, 0.4) is 0 Å². The molecule has 1 N–H and O–H groups in total. The van der Waals surface area contributed by atoms with E-state index in [0.29, 0.717) is 5.75 Å². The zero-order chi connectivity index (χ0) is 16.4. The second kappa shape index (κ2) is 6.95. The third-order valence-corrected chi connectivity index (χ3v) is 6.27. The van der Waals surface area contributed by atoms with Crippen LogP contribution in [0.5, 0.6) is 0 Å². The largest absolute Gasteiger partial charge is 0.301 e. The number of fused-ring (bicyclic) bond motifs is 2. The van der Waals surface area contributed by atoms with Crippen LogP contribution < -0.4 is 5.32 Å². The maximum absolute atomic E-state index is 12.1. The number of amides is 1. The van der Waals surface area contributed by atoms with Crippen molar-refractivity contribution in [2.45, 2.75) is 25.0 Å². The van der Waals surface area contributed by atoms with Gasteiger partial charge in [-0.2, -0.15) is 0 Å². The Morgan fingerprint density at radius 3 is 2.96 bits per heavy atom. The highest BCUT2D eigenvalue weighted by Crippen LogP contribution is 2.30. The van der Waals surface area contributed by atoms with Crippen molar-refractivity contribution in [3.05, 3.63) is 58.6 Å². The van der Waals surface area contributed by atoms with Crippen molar-refractivity contribution in [2.24, 2.45) is 0 Å². The number of carbonyl (C=O) groups is 1. The van der Waals surface area contributed by atoms with Crippen LogP contribution >= 0.6 is 23.1 Å². The average Bonchev–Trinajstić information content (AvgIpc) is 3.16. The van der Waals surface area contributed by atoms with Gasteiger partial charge in [0.15, 0.2) is 5.13 Å². The van der Waals surface area contributed by atoms with E-state index in [1.807, 2.05) is 0 Å². The molecule has 1 aromatic heterocycles. The van der Waals surface area contributed by atoms with Crippen LogP contribution in [-0.2, 0) is 23.4 Å². The second-order valence-corrected chi connectivity index (χ2v) is 7.99. The predicted octanol–water partition coefficient (Wildman–Crippen LogP) is 4.66. The molecule has 0 spiro atoms. The zero-order valence-corrected chi connectivity index (χ0v) is 14.9. The minimum absolute atomic E-state index is 0.0349. The fraction of sp³-hybridized carbons (Fsp3) is 0.263. The molecule has 0 saturated heterocycles. The van der Waals surface area contributed by atoms with Crippen LogP contribution in [0.4, 0.5) is 5.13 Å². The number of hydrogen-bond acceptors (Lipinski definition) is 4. The lowest BCUT2D eigenvalue weighted by atomic mass is 10.1. The molecule has 0 bridgehead atoms. The first kappa shape index (κ1) is 15.7. The van der Waals surface area contributed by atoms with Gasteiger partial charge in [-0.3, -0.25) is 4.79 Å². The van der Waals surface area contributed by atoms with Crippen molar-refractivity contribution >= 4 is 44.9 Å². The van der Waals surface area contributed by atoms with Gasteiger partial charge in [-0.25, -0.2) is 4.98 Å². The quantitative estimate of drug-likeness (QED) is 0.725. The number of rotatable bonds is 5. The molecule has 0 saturated carbocycles. The fourth-order valence-electron chi connectivity index (χ4n) is 3.07. The summed E-state index contributed by atoms with van der Waals surface area (Å²) in [4.78, 5) is 18.0. The number of nitrogens with zero attached hydrogens (tertiary/aromatic N) is 1. The van der Waals surface area contributed by atoms with Gasteiger partial charge in [0.25, 0.3) is 0 Å². The summed E-state index contributed by atoms with van der Waals surface area (Å²) in [6.45, 7) is 0. The Kier molecular flexibility index (Phi) is 4.54. The smallest absolute Gasteiger partial charge is 0.236 e. The zero-order valence-electron chi connectivity index (χ0n) is 13.2. The summed E-state index contributed by atoms with van der Waals surface area (Å²) in [5, 5.41) is 6.22. The lowest BCUT2D eigenvalue weighted by Crippen LogP contribution is -2.14. The standard InChI is InChI=1S/C19H18N2OS2/c22-18(21-19-20-16-9-4-10-17(16)24-19)12-23-11-14-7-3-6-13-5-1-2-8-15(13)14/h1-3,5-8H,4,9-12H2,(H,20,21,22). The van der Waals surface area contributed by atoms with E-state index in [1.54, 1.807) is 23.1 Å². The molecule has 1 aliphatic rings. The lowest BCUT2D eigenvalue weighted by Gasteiger charge is -2.06. The minimum atomic E-state index is 0.0349. The molecule has 0 unspecified atom stereocenters. The summed E-state index contributed by atoms with van der Waals surface area (Å²) in [6.07, 6.45) is 3.36. The molecule has 0 aliphatic heterocycles. The van der Waals surface area contributed by atoms with Gasteiger partial charge in [0.2, 0.25) is 5.91 Å². The molecule has 3 nitrogen and oxygen atoms in total. The van der Waals surface area contributed by atoms with Gasteiger partial charge in [0.1, 0.15) is 0 Å². The van der Waals surface area contributed by atoms with Gasteiger partial charge in [0, 0.05) is 10.6 Å². The van der Waals surface area contributed by atoms with Crippen molar-refractivity contribution in [3.63, 3.8) is 0 Å². The number of thiazole rings is 1. The number of carbonyl (C=O) groups excluding carboxylic acids is 1. The number of nitrogens with one attached hydrogen (secondary N) is 1. The van der Waals surface area contributed by atoms with Crippen molar-refractivity contribution in [2.75, 3.05) is 11.1 Å². The van der Waals surface area contributed by atoms with E-state index in [2.05, 4.69) is 52.8 Å². The van der Waals surface area contributed by atoms with Crippen LogP contribution in [0.15, 0.2) is 42.5 Å². The number of hydrogen-bond donors (Lipinski definition) is 1. The summed E-state index contributed by atoms with van der Waals surface area (Å²) in [7, 11) is 0. The highest BCUT2D eigenvalue weighted by molar-refractivity contribution is 7.99. The molecule has 1 amide bonds. The molecule has 1 aliphatic carbocycles. The molecule has 4 rings (SSSR count). The van der Waals surface area contributed by atoms with E-state index >= 15 is 0 Å². The van der Waals surface area contributed by atoms with E-state index in [-0.39, 0.29) is 5.91 Å². The van der Waals surface area contributed by atoms with E-state index in [1.165, 1.54) is 33.3 Å². The Morgan fingerprint density at radius 2 is 2.04 bits per heavy atom. The summed E-state index contributed by atoms with van der Waals surface area (Å²) in [5.74, 6) is 1.32. The molecule has 24 heavy (non-hydrogen) atoms. The fourth-order valence-corrected chi connectivity index (χ4v) is 4.97. The Balaban J connectivity index is 1.33. The van der Waals surface area contributed by atoms with E-state index in [0.717, 1.165) is 23.7 Å². The number of aromatic nitrogens is 1. The van der Waals surface area contributed by atoms with E-state index in [9.17, 15) is 4.79 Å². The Morgan fingerprint density at radius 1 is 1.17 bits per heavy atom. The van der Waals surface area contributed by atoms with Crippen LogP contribution in [-0.4, -0.2) is 16.6 Å². The molecule has 2 aromatic carbocycles. The molecule has 0 radical (unpaired) electrons. The van der Waals surface area contributed by atoms with E-state index < -0.39 is 0 Å². The second-order valence-electron chi connectivity index (χ2n) is 5.92. The topological polar surface area (TPSA) is 42.0 Å². The molecular weight excluding hydrogens is 336 g/mol. The monoisotopic (exact) mass is 354 g/mol. The van der Waals surface area contributed by atoms with Crippen LogP contribution in [0, 0.1) is 0 Å². The van der Waals surface area contributed by atoms with Crippen molar-refractivity contribution in [3.8, 4) is 0 Å². The first-order valence-electron chi connectivity index (χ1n) is 8.12. The number of anilines is 1. The first-order chi connectivity index (χ1) is 11.8. The maximum Gasteiger partial charge on any atom is 0.236 e. The highest BCUT2D eigenvalue weighted by atomic mass is 32.2. The van der Waals surface area contributed by atoms with Crippen molar-refractivity contribution < 1.29 is 4.79 Å². The van der Waals surface area contributed by atoms with Gasteiger partial charge in [-0.15, -0.1) is 23.1 Å². The lowest BCUT2D eigenvalue weighted by molar-refractivity contribution is -0.113. The van der Waals surface area contributed by atoms with Gasteiger partial charge in [0.05, 0.1) is 11.4 Å². The molecule has 5 heteroatoms. The van der Waals surface area contributed by atoms with Crippen molar-refractivity contribution in [1.29, 1.82) is 0 Å². The minimum Gasteiger partial charge on any atom is -0.301 e. The van der Waals surface area contributed by atoms with Gasteiger partial charge >= 0.3 is 0 Å². The molecular formula is C19H18N2OS2. The van der Waals surface area contributed by atoms with Gasteiger partial charge in [-0.05, 0) is 35.6 Å². The van der Waals surface area contributed by atoms with Crippen LogP contribution in [0.1, 0.15) is 22.6 Å². The maximum atomic E-state index is 12.1. The first-order valence-corrected chi connectivity index (χ1v) is 10.1. The van der Waals surface area contributed by atoms with Crippen LogP contribution in [0.2, 0.25) is 0 Å². The number of benzene rings is 2. The van der Waals surface area contributed by atoms with E-state index in [4.69, 9.17) is 0 Å². The SMILES string of the molecule is O=C(CSCc1cccc2ccccc12)Nc1nc2c(s1)CCC2. The Bertz CT molecular complexity index is 861. The molecule has 1 heterocycles. The number of aryl methyl sites for hydroxylation is 2. The third kappa shape index (κ3) is 3.32. The Labute approximate surface area is 149 Å². The Hall–Kier alpha value is -1.85. The van der Waals surface area contributed by atoms with Gasteiger partial charge < -0.3 is 5.32 Å². The summed E-state index contributed by atoms with van der Waals surface area (Å²) in [6, 6.07) is 14.7. The summed E-state index contributed by atoms with van der Waals surface area (Å²) in [5.41, 5.74) is 2.46. The molecule has 3 aromatic rings. The van der Waals surface area contributed by atoms with Crippen molar-refractivity contribution in [1.82, 2.24) is 4.98 Å². The number of thioether (sulfide) groups is 1. The summed E-state index contributed by atoms with van der Waals surface area (Å²) >= 11 is 3.27. The molecule has 0 fully saturated rings. The normalized spacial score (nSPS) is 13.2.